The molecule has 11 heteroatoms. The Morgan fingerprint density at radius 3 is 2.47 bits per heavy atom. The average Bonchev–Trinajstić information content (AvgIpc) is 3.60. The van der Waals surface area contributed by atoms with Gasteiger partial charge in [0.05, 0.1) is 25.2 Å². The summed E-state index contributed by atoms with van der Waals surface area (Å²) in [5, 5.41) is 17.3. The molecule has 1 aromatic heterocycles. The van der Waals surface area contributed by atoms with Crippen LogP contribution in [0.3, 0.4) is 0 Å². The predicted octanol–water partition coefficient (Wildman–Crippen LogP) is 1.56. The summed E-state index contributed by atoms with van der Waals surface area (Å²) in [6.45, 7) is 6.03. The van der Waals surface area contributed by atoms with Crippen molar-refractivity contribution in [2.24, 2.45) is 11.3 Å². The van der Waals surface area contributed by atoms with Gasteiger partial charge in [0, 0.05) is 44.1 Å². The van der Waals surface area contributed by atoms with Gasteiger partial charge in [-0.3, -0.25) is 24.2 Å². The van der Waals surface area contributed by atoms with E-state index in [1.54, 1.807) is 0 Å². The van der Waals surface area contributed by atoms with E-state index in [0.29, 0.717) is 23.9 Å². The van der Waals surface area contributed by atoms with E-state index < -0.39 is 0 Å². The number of rotatable bonds is 5. The van der Waals surface area contributed by atoms with Gasteiger partial charge in [0.1, 0.15) is 5.82 Å². The first-order chi connectivity index (χ1) is 17.6. The van der Waals surface area contributed by atoms with Gasteiger partial charge in [-0.05, 0) is 51.0 Å². The highest BCUT2D eigenvalue weighted by molar-refractivity contribution is 5.84. The number of carboxylic acid groups (broad SMARTS) is 2. The smallest absolute Gasteiger partial charge is 0.290 e. The van der Waals surface area contributed by atoms with Crippen LogP contribution < -0.4 is 5.32 Å². The van der Waals surface area contributed by atoms with Crippen molar-refractivity contribution in [2.45, 2.75) is 70.0 Å². The van der Waals surface area contributed by atoms with Crippen LogP contribution in [0, 0.1) is 11.3 Å². The molecule has 2 saturated carbocycles. The van der Waals surface area contributed by atoms with Gasteiger partial charge in [-0.2, -0.15) is 0 Å². The lowest BCUT2D eigenvalue weighted by Gasteiger charge is -2.53. The summed E-state index contributed by atoms with van der Waals surface area (Å²) in [5.74, 6) is 1.82. The molecule has 3 atom stereocenters. The van der Waals surface area contributed by atoms with Crippen molar-refractivity contribution in [3.8, 4) is 0 Å². The van der Waals surface area contributed by atoms with Gasteiger partial charge in [0.15, 0.2) is 0 Å². The highest BCUT2D eigenvalue weighted by Gasteiger charge is 2.52. The minimum absolute atomic E-state index is 0.240. The summed E-state index contributed by atoms with van der Waals surface area (Å²) in [5.41, 5.74) is -0.240. The largest absolute Gasteiger partial charge is 0.483 e. The molecule has 4 aliphatic rings. The molecular formula is C25H41N5O6. The van der Waals surface area contributed by atoms with Gasteiger partial charge < -0.3 is 25.3 Å². The number of imidazole rings is 1. The maximum Gasteiger partial charge on any atom is 0.290 e. The number of hydrogen-bond donors (Lipinski definition) is 4. The number of aromatic amines is 1. The number of ether oxygens (including phenoxy) is 1. The SMILES string of the molecule is O=C(NC1CCCC1)[C@@]12CC[C@H](N3CCOCC3)C[C@H]1CCN(Cc1ncc[nH]1)C2.O=CO.O=CO. The van der Waals surface area contributed by atoms with Gasteiger partial charge >= 0.3 is 0 Å². The lowest BCUT2D eigenvalue weighted by atomic mass is 9.60. The fourth-order valence-electron chi connectivity index (χ4n) is 6.49. The number of piperidine rings is 1. The zero-order valence-electron chi connectivity index (χ0n) is 21.0. The normalized spacial score (nSPS) is 29.0. The highest BCUT2D eigenvalue weighted by Crippen LogP contribution is 2.48. The molecule has 0 radical (unpaired) electrons. The Balaban J connectivity index is 0.000000550. The van der Waals surface area contributed by atoms with Gasteiger partial charge in [-0.25, -0.2) is 4.98 Å². The molecule has 36 heavy (non-hydrogen) atoms. The summed E-state index contributed by atoms with van der Waals surface area (Å²) in [7, 11) is 0. The second kappa shape index (κ2) is 14.3. The van der Waals surface area contributed by atoms with Crippen LogP contribution in [0.15, 0.2) is 12.4 Å². The first kappa shape index (κ1) is 28.1. The standard InChI is InChI=1S/C23H37N5O2.2CH2O2/c29-22(26-19-3-1-2-4-19)23-7-5-20(28-11-13-30-14-12-28)15-18(23)6-10-27(17-23)16-21-24-8-9-25-21;2*2-1-3/h8-9,18-20H,1-7,10-17H2,(H,24,25)(H,26,29);2*1H,(H,2,3)/t18-,20+,23-;;/m1../s1. The number of fused-ring (bicyclic) bond motifs is 1. The number of carbonyl (C=O) groups excluding carboxylic acids is 1. The molecule has 0 bridgehead atoms. The number of H-pyrrole nitrogens is 1. The molecule has 2 saturated heterocycles. The second-order valence-electron chi connectivity index (χ2n) is 10.1. The summed E-state index contributed by atoms with van der Waals surface area (Å²) >= 11 is 0. The van der Waals surface area contributed by atoms with E-state index in [1.807, 2.05) is 12.4 Å². The van der Waals surface area contributed by atoms with Crippen LogP contribution in [0.5, 0.6) is 0 Å². The van der Waals surface area contributed by atoms with Crippen molar-refractivity contribution in [3.63, 3.8) is 0 Å². The number of hydrogen-bond acceptors (Lipinski definition) is 7. The van der Waals surface area contributed by atoms with E-state index in [-0.39, 0.29) is 18.4 Å². The minimum atomic E-state index is -0.250. The summed E-state index contributed by atoms with van der Waals surface area (Å²) in [4.78, 5) is 43.2. The van der Waals surface area contributed by atoms with Crippen LogP contribution in [0.25, 0.3) is 0 Å². The van der Waals surface area contributed by atoms with Crippen molar-refractivity contribution < 1.29 is 29.3 Å². The molecule has 1 amide bonds. The third-order valence-corrected chi connectivity index (χ3v) is 8.19. The zero-order chi connectivity index (χ0) is 25.8. The summed E-state index contributed by atoms with van der Waals surface area (Å²) in [6, 6.07) is 1.01. The fraction of sp³-hybridized carbons (Fsp3) is 0.760. The number of likely N-dealkylation sites (tertiary alicyclic amines) is 1. The van der Waals surface area contributed by atoms with Crippen LogP contribution in [0.4, 0.5) is 0 Å². The number of nitrogens with one attached hydrogen (secondary N) is 2. The molecule has 202 valence electrons. The molecule has 1 aromatic rings. The van der Waals surface area contributed by atoms with Crippen molar-refractivity contribution in [3.05, 3.63) is 18.2 Å². The van der Waals surface area contributed by atoms with Crippen molar-refractivity contribution in [1.82, 2.24) is 25.1 Å². The monoisotopic (exact) mass is 507 g/mol. The van der Waals surface area contributed by atoms with Gasteiger partial charge in [-0.15, -0.1) is 0 Å². The van der Waals surface area contributed by atoms with Crippen molar-refractivity contribution in [2.75, 3.05) is 39.4 Å². The molecule has 0 spiro atoms. The minimum Gasteiger partial charge on any atom is -0.483 e. The Kier molecular flexibility index (Phi) is 11.1. The Bertz CT molecular complexity index is 791. The van der Waals surface area contributed by atoms with Crippen molar-refractivity contribution >= 4 is 18.9 Å². The molecule has 2 aliphatic carbocycles. The number of aromatic nitrogens is 2. The number of nitrogens with zero attached hydrogens (tertiary/aromatic N) is 3. The van der Waals surface area contributed by atoms with Crippen LogP contribution in [0.2, 0.25) is 0 Å². The van der Waals surface area contributed by atoms with E-state index in [0.717, 1.165) is 90.3 Å². The zero-order valence-corrected chi connectivity index (χ0v) is 21.0. The first-order valence-electron chi connectivity index (χ1n) is 13.0. The lowest BCUT2D eigenvalue weighted by molar-refractivity contribution is -0.146. The quantitative estimate of drug-likeness (QED) is 0.436. The Labute approximate surface area is 212 Å². The Hall–Kier alpha value is -2.50. The molecule has 0 unspecified atom stereocenters. The maximum atomic E-state index is 13.7. The summed E-state index contributed by atoms with van der Waals surface area (Å²) in [6.07, 6.45) is 12.9. The molecule has 0 aromatic carbocycles. The molecule has 4 fully saturated rings. The van der Waals surface area contributed by atoms with Crippen LogP contribution in [-0.4, -0.2) is 100 Å². The van der Waals surface area contributed by atoms with Crippen LogP contribution in [0.1, 0.15) is 57.2 Å². The molecule has 5 rings (SSSR count). The number of amides is 1. The summed E-state index contributed by atoms with van der Waals surface area (Å²) < 4.78 is 5.57. The van der Waals surface area contributed by atoms with Crippen molar-refractivity contribution in [1.29, 1.82) is 0 Å². The molecular weight excluding hydrogens is 466 g/mol. The third kappa shape index (κ3) is 7.27. The lowest BCUT2D eigenvalue weighted by Crippen LogP contribution is -2.61. The van der Waals surface area contributed by atoms with E-state index >= 15 is 0 Å². The van der Waals surface area contributed by atoms with Gasteiger partial charge in [-0.1, -0.05) is 12.8 Å². The van der Waals surface area contributed by atoms with E-state index in [1.165, 1.54) is 12.8 Å². The van der Waals surface area contributed by atoms with Crippen LogP contribution >= 0.6 is 0 Å². The highest BCUT2D eigenvalue weighted by atomic mass is 16.5. The van der Waals surface area contributed by atoms with Crippen LogP contribution in [-0.2, 0) is 25.7 Å². The molecule has 3 heterocycles. The van der Waals surface area contributed by atoms with Gasteiger partial charge in [0.2, 0.25) is 5.91 Å². The molecule has 2 aliphatic heterocycles. The first-order valence-corrected chi connectivity index (χ1v) is 13.0. The second-order valence-corrected chi connectivity index (χ2v) is 10.1. The fourth-order valence-corrected chi connectivity index (χ4v) is 6.49. The Morgan fingerprint density at radius 2 is 1.83 bits per heavy atom. The van der Waals surface area contributed by atoms with Gasteiger partial charge in [0.25, 0.3) is 12.9 Å². The van der Waals surface area contributed by atoms with E-state index in [4.69, 9.17) is 24.5 Å². The van der Waals surface area contributed by atoms with E-state index in [9.17, 15) is 4.79 Å². The number of morpholine rings is 1. The maximum absolute atomic E-state index is 13.7. The predicted molar refractivity (Wildman–Crippen MR) is 132 cm³/mol. The number of carbonyl (C=O) groups is 3. The third-order valence-electron chi connectivity index (χ3n) is 8.19. The van der Waals surface area contributed by atoms with E-state index in [2.05, 4.69) is 25.1 Å². The molecule has 4 N–H and O–H groups in total. The topological polar surface area (TPSA) is 148 Å². The Morgan fingerprint density at radius 1 is 1.14 bits per heavy atom. The molecule has 11 nitrogen and oxygen atoms in total. The average molecular weight is 508 g/mol.